The van der Waals surface area contributed by atoms with Gasteiger partial charge in [0, 0.05) is 33.5 Å². The van der Waals surface area contributed by atoms with Crippen LogP contribution < -0.4 is 0 Å². The van der Waals surface area contributed by atoms with Crippen molar-refractivity contribution in [3.8, 4) is 50.7 Å². The number of nitrogens with zero attached hydrogens (tertiary/aromatic N) is 4. The highest BCUT2D eigenvalue weighted by Crippen LogP contribution is 2.44. The van der Waals surface area contributed by atoms with E-state index in [0.717, 1.165) is 40.2 Å². The van der Waals surface area contributed by atoms with E-state index in [-0.39, 0.29) is 5.92 Å². The van der Waals surface area contributed by atoms with Crippen molar-refractivity contribution in [3.05, 3.63) is 193 Å². The molecule has 1 aliphatic carbocycles. The zero-order valence-electron chi connectivity index (χ0n) is 30.8. The summed E-state index contributed by atoms with van der Waals surface area (Å²) in [4.78, 5) is 15.4. The minimum absolute atomic E-state index is 0.0831. The van der Waals surface area contributed by atoms with Crippen LogP contribution in [0, 0.1) is 13.8 Å². The Kier molecular flexibility index (Phi) is 8.03. The van der Waals surface area contributed by atoms with Crippen molar-refractivity contribution < 1.29 is 0 Å². The van der Waals surface area contributed by atoms with Crippen LogP contribution >= 0.6 is 0 Å². The molecule has 1 aliphatic rings. The first-order valence-corrected chi connectivity index (χ1v) is 19.0. The fourth-order valence-electron chi connectivity index (χ4n) is 8.37. The van der Waals surface area contributed by atoms with Crippen molar-refractivity contribution >= 4 is 32.6 Å². The summed E-state index contributed by atoms with van der Waals surface area (Å²) in [6, 6.07) is 54.4. The van der Waals surface area contributed by atoms with Crippen molar-refractivity contribution in [3.63, 3.8) is 0 Å². The second-order valence-electron chi connectivity index (χ2n) is 14.4. The number of allylic oxidation sites excluding steroid dienone is 4. The van der Waals surface area contributed by atoms with E-state index in [0.29, 0.717) is 11.6 Å². The number of hydrogen-bond acceptors (Lipinski definition) is 3. The molecule has 0 saturated heterocycles. The lowest BCUT2D eigenvalue weighted by Gasteiger charge is -2.19. The molecule has 262 valence electrons. The summed E-state index contributed by atoms with van der Waals surface area (Å²) in [5.41, 5.74) is 12.6. The number of fused-ring (bicyclic) bond motifs is 4. The maximum absolute atomic E-state index is 5.22. The average Bonchev–Trinajstić information content (AvgIpc) is 3.57. The lowest BCUT2D eigenvalue weighted by molar-refractivity contribution is 0.764. The third-order valence-corrected chi connectivity index (χ3v) is 11.0. The molecule has 4 heteroatoms. The fourth-order valence-corrected chi connectivity index (χ4v) is 8.37. The molecular weight excluding hydrogens is 669 g/mol. The van der Waals surface area contributed by atoms with E-state index in [1.165, 1.54) is 54.8 Å². The van der Waals surface area contributed by atoms with Gasteiger partial charge in [0.15, 0.2) is 11.6 Å². The molecular formula is C51H38N4. The van der Waals surface area contributed by atoms with Gasteiger partial charge in [0.2, 0.25) is 0 Å². The molecule has 55 heavy (non-hydrogen) atoms. The summed E-state index contributed by atoms with van der Waals surface area (Å²) < 4.78 is 2.45. The smallest absolute Gasteiger partial charge is 0.164 e. The Morgan fingerprint density at radius 3 is 2.05 bits per heavy atom. The SMILES string of the molecule is Cc1ccc(-n2c3ccccc3c3c(-c4ccccc4)c4ccccc4cc32)cc1-c1c(C)cccc1-c1nc(-c2ccccc2)nc(C2C=CC=CC2)n1. The van der Waals surface area contributed by atoms with Crippen molar-refractivity contribution in [1.82, 2.24) is 19.5 Å². The highest BCUT2D eigenvalue weighted by atomic mass is 15.0. The number of hydrogen-bond donors (Lipinski definition) is 0. The maximum Gasteiger partial charge on any atom is 0.164 e. The summed E-state index contributed by atoms with van der Waals surface area (Å²) in [7, 11) is 0. The number of benzene rings is 7. The molecule has 0 radical (unpaired) electrons. The van der Waals surface area contributed by atoms with Gasteiger partial charge in [0.1, 0.15) is 5.82 Å². The van der Waals surface area contributed by atoms with Crippen LogP contribution in [0.25, 0.3) is 83.3 Å². The zero-order chi connectivity index (χ0) is 36.9. The molecule has 0 saturated carbocycles. The van der Waals surface area contributed by atoms with Crippen LogP contribution in [0.5, 0.6) is 0 Å². The number of rotatable bonds is 6. The standard InChI is InChI=1S/C51H38N4/c1-33-29-30-39(55-44-28-15-14-26-41(44)48-45(55)31-38-24-12-13-25-40(38)47(48)35-18-6-3-7-19-35)32-43(33)46-34(2)17-16-27-42(46)51-53-49(36-20-8-4-9-21-36)52-50(54-51)37-22-10-5-11-23-37/h3-22,24-32,37H,23H2,1-2H3. The molecule has 10 rings (SSSR count). The maximum atomic E-state index is 5.22. The molecule has 2 heterocycles. The van der Waals surface area contributed by atoms with Crippen molar-refractivity contribution in [2.75, 3.05) is 0 Å². The van der Waals surface area contributed by atoms with Crippen LogP contribution in [0.15, 0.2) is 176 Å². The topological polar surface area (TPSA) is 43.6 Å². The molecule has 0 fully saturated rings. The third-order valence-electron chi connectivity index (χ3n) is 11.0. The van der Waals surface area contributed by atoms with Crippen LogP contribution in [-0.4, -0.2) is 19.5 Å². The molecule has 4 nitrogen and oxygen atoms in total. The molecule has 1 atom stereocenters. The van der Waals surface area contributed by atoms with E-state index < -0.39 is 0 Å². The Morgan fingerprint density at radius 2 is 1.25 bits per heavy atom. The van der Waals surface area contributed by atoms with Crippen LogP contribution in [0.2, 0.25) is 0 Å². The van der Waals surface area contributed by atoms with Gasteiger partial charge in [-0.25, -0.2) is 15.0 Å². The first-order valence-electron chi connectivity index (χ1n) is 19.0. The Bertz CT molecular complexity index is 2970. The summed E-state index contributed by atoms with van der Waals surface area (Å²) >= 11 is 0. The summed E-state index contributed by atoms with van der Waals surface area (Å²) in [5, 5.41) is 4.97. The average molecular weight is 707 g/mol. The Hall–Kier alpha value is -6.91. The van der Waals surface area contributed by atoms with Gasteiger partial charge in [-0.3, -0.25) is 0 Å². The minimum atomic E-state index is 0.0831. The third kappa shape index (κ3) is 5.66. The van der Waals surface area contributed by atoms with Gasteiger partial charge in [-0.05, 0) is 88.7 Å². The second-order valence-corrected chi connectivity index (χ2v) is 14.4. The fraction of sp³-hybridized carbons (Fsp3) is 0.0784. The van der Waals surface area contributed by atoms with Crippen molar-refractivity contribution in [2.24, 2.45) is 0 Å². The van der Waals surface area contributed by atoms with Crippen LogP contribution in [0.4, 0.5) is 0 Å². The predicted molar refractivity (Wildman–Crippen MR) is 229 cm³/mol. The minimum Gasteiger partial charge on any atom is -0.309 e. The lowest BCUT2D eigenvalue weighted by atomic mass is 9.91. The van der Waals surface area contributed by atoms with Gasteiger partial charge < -0.3 is 4.57 Å². The van der Waals surface area contributed by atoms with E-state index in [1.54, 1.807) is 0 Å². The number of aryl methyl sites for hydroxylation is 2. The molecule has 7 aromatic carbocycles. The number of aromatic nitrogens is 4. The first-order chi connectivity index (χ1) is 27.1. The van der Waals surface area contributed by atoms with E-state index >= 15 is 0 Å². The van der Waals surface area contributed by atoms with E-state index in [2.05, 4.69) is 176 Å². The monoisotopic (exact) mass is 706 g/mol. The second kappa shape index (κ2) is 13.5. The zero-order valence-corrected chi connectivity index (χ0v) is 30.8. The molecule has 0 spiro atoms. The molecule has 9 aromatic rings. The Morgan fingerprint density at radius 1 is 0.527 bits per heavy atom. The van der Waals surface area contributed by atoms with E-state index in [4.69, 9.17) is 15.0 Å². The summed E-state index contributed by atoms with van der Waals surface area (Å²) in [5.74, 6) is 2.24. The van der Waals surface area contributed by atoms with Crippen molar-refractivity contribution in [1.29, 1.82) is 0 Å². The van der Waals surface area contributed by atoms with Crippen molar-refractivity contribution in [2.45, 2.75) is 26.2 Å². The number of para-hydroxylation sites is 1. The largest absolute Gasteiger partial charge is 0.309 e. The molecule has 0 bridgehead atoms. The van der Waals surface area contributed by atoms with Gasteiger partial charge >= 0.3 is 0 Å². The molecule has 0 amide bonds. The van der Waals surface area contributed by atoms with Gasteiger partial charge in [0.05, 0.1) is 11.0 Å². The molecule has 2 aromatic heterocycles. The van der Waals surface area contributed by atoms with Gasteiger partial charge in [-0.1, -0.05) is 152 Å². The van der Waals surface area contributed by atoms with Gasteiger partial charge in [0.25, 0.3) is 0 Å². The molecule has 1 unspecified atom stereocenters. The highest BCUT2D eigenvalue weighted by molar-refractivity contribution is 6.23. The van der Waals surface area contributed by atoms with Crippen LogP contribution in [0.3, 0.4) is 0 Å². The molecule has 0 N–H and O–H groups in total. The predicted octanol–water partition coefficient (Wildman–Crippen LogP) is 13.0. The quantitative estimate of drug-likeness (QED) is 0.173. The van der Waals surface area contributed by atoms with Crippen LogP contribution in [0.1, 0.15) is 29.3 Å². The van der Waals surface area contributed by atoms with Crippen LogP contribution in [-0.2, 0) is 0 Å². The first kappa shape index (κ1) is 32.7. The Labute approximate surface area is 320 Å². The normalized spacial score (nSPS) is 14.0. The lowest BCUT2D eigenvalue weighted by Crippen LogP contribution is -2.08. The summed E-state index contributed by atoms with van der Waals surface area (Å²) in [6.45, 7) is 4.40. The van der Waals surface area contributed by atoms with E-state index in [1.807, 2.05) is 18.2 Å². The summed E-state index contributed by atoms with van der Waals surface area (Å²) in [6.07, 6.45) is 9.41. The highest BCUT2D eigenvalue weighted by Gasteiger charge is 2.23. The molecule has 0 aliphatic heterocycles. The Balaban J connectivity index is 1.21. The van der Waals surface area contributed by atoms with Gasteiger partial charge in [-0.2, -0.15) is 0 Å². The van der Waals surface area contributed by atoms with E-state index in [9.17, 15) is 0 Å². The van der Waals surface area contributed by atoms with Gasteiger partial charge in [-0.15, -0.1) is 0 Å².